The van der Waals surface area contributed by atoms with E-state index in [-0.39, 0.29) is 0 Å². The van der Waals surface area contributed by atoms with Crippen molar-refractivity contribution in [2.45, 2.75) is 19.3 Å². The molecule has 0 spiro atoms. The molecular weight excluding hydrogens is 188 g/mol. The lowest BCUT2D eigenvalue weighted by molar-refractivity contribution is 0.265. The fourth-order valence-electron chi connectivity index (χ4n) is 2.01. The van der Waals surface area contributed by atoms with Crippen LogP contribution < -0.4 is 15.8 Å². The smallest absolute Gasteiger partial charge is 0.122 e. The van der Waals surface area contributed by atoms with Gasteiger partial charge in [-0.15, -0.1) is 0 Å². The highest BCUT2D eigenvalue weighted by Gasteiger charge is 2.20. The zero-order chi connectivity index (χ0) is 10.7. The van der Waals surface area contributed by atoms with E-state index in [1.165, 1.54) is 5.56 Å². The topological polar surface area (TPSA) is 47.3 Å². The number of nitrogen functional groups attached to an aromatic ring is 1. The van der Waals surface area contributed by atoms with E-state index in [1.54, 1.807) is 0 Å². The molecule has 1 unspecified atom stereocenters. The molecule has 1 aromatic carbocycles. The maximum Gasteiger partial charge on any atom is 0.122 e. The number of anilines is 1. The fraction of sp³-hybridized carbons (Fsp3) is 0.500. The Bertz CT molecular complexity index is 338. The van der Waals surface area contributed by atoms with Crippen molar-refractivity contribution in [3.63, 3.8) is 0 Å². The number of nitrogens with two attached hydrogens (primary N) is 1. The van der Waals surface area contributed by atoms with Crippen LogP contribution in [-0.2, 0) is 0 Å². The van der Waals surface area contributed by atoms with Gasteiger partial charge in [-0.05, 0) is 31.2 Å². The predicted octanol–water partition coefficient (Wildman–Crippen LogP) is 1.74. The van der Waals surface area contributed by atoms with Crippen LogP contribution in [0.1, 0.15) is 24.8 Å². The van der Waals surface area contributed by atoms with E-state index in [9.17, 15) is 0 Å². The number of hydrogen-bond donors (Lipinski definition) is 2. The molecule has 3 N–H and O–H groups in total. The van der Waals surface area contributed by atoms with Crippen molar-refractivity contribution in [1.29, 1.82) is 0 Å². The summed E-state index contributed by atoms with van der Waals surface area (Å²) in [5.74, 6) is 1.54. The second kappa shape index (κ2) is 4.53. The Morgan fingerprint density at radius 1 is 1.53 bits per heavy atom. The summed E-state index contributed by atoms with van der Waals surface area (Å²) in [5.41, 5.74) is 7.87. The molecule has 0 fully saturated rings. The summed E-state index contributed by atoms with van der Waals surface area (Å²) in [6.45, 7) is 4.96. The van der Waals surface area contributed by atoms with E-state index in [4.69, 9.17) is 10.5 Å². The Hall–Kier alpha value is -1.22. The Labute approximate surface area is 90.6 Å². The molecule has 1 aliphatic rings. The lowest BCUT2D eigenvalue weighted by atomic mass is 9.92. The van der Waals surface area contributed by atoms with Crippen molar-refractivity contribution in [1.82, 2.24) is 5.32 Å². The number of benzene rings is 1. The second-order valence-corrected chi connectivity index (χ2v) is 3.94. The highest BCUT2D eigenvalue weighted by Crippen LogP contribution is 2.34. The number of fused-ring (bicyclic) bond motifs is 1. The molecule has 0 aliphatic carbocycles. The summed E-state index contributed by atoms with van der Waals surface area (Å²) in [5, 5.41) is 3.38. The number of rotatable bonds is 3. The van der Waals surface area contributed by atoms with Gasteiger partial charge in [-0.1, -0.05) is 6.92 Å². The molecule has 0 saturated heterocycles. The van der Waals surface area contributed by atoms with Gasteiger partial charge in [0.05, 0.1) is 6.61 Å². The van der Waals surface area contributed by atoms with Gasteiger partial charge in [0.25, 0.3) is 0 Å². The van der Waals surface area contributed by atoms with Crippen molar-refractivity contribution >= 4 is 5.69 Å². The first-order valence-electron chi connectivity index (χ1n) is 5.54. The van der Waals surface area contributed by atoms with Crippen molar-refractivity contribution < 1.29 is 4.74 Å². The molecule has 0 radical (unpaired) electrons. The lowest BCUT2D eigenvalue weighted by Gasteiger charge is -2.26. The third-order valence-corrected chi connectivity index (χ3v) is 2.84. The minimum absolute atomic E-state index is 0.539. The van der Waals surface area contributed by atoms with Crippen LogP contribution in [0, 0.1) is 0 Å². The molecule has 0 bridgehead atoms. The maximum absolute atomic E-state index is 5.80. The average molecular weight is 206 g/mol. The summed E-state index contributed by atoms with van der Waals surface area (Å²) >= 11 is 0. The first-order valence-corrected chi connectivity index (χ1v) is 5.54. The van der Waals surface area contributed by atoms with Crippen LogP contribution in [0.4, 0.5) is 5.69 Å². The first-order chi connectivity index (χ1) is 7.31. The molecule has 3 nitrogen and oxygen atoms in total. The van der Waals surface area contributed by atoms with Gasteiger partial charge >= 0.3 is 0 Å². The van der Waals surface area contributed by atoms with Crippen LogP contribution in [0.15, 0.2) is 18.2 Å². The number of ether oxygens (including phenoxy) is 1. The number of likely N-dealkylation sites (N-methyl/N-ethyl adjacent to an activating group) is 1. The minimum atomic E-state index is 0.539. The summed E-state index contributed by atoms with van der Waals surface area (Å²) in [6.07, 6.45) is 1.07. The van der Waals surface area contributed by atoms with Crippen LogP contribution >= 0.6 is 0 Å². The van der Waals surface area contributed by atoms with Gasteiger partial charge in [-0.2, -0.15) is 0 Å². The largest absolute Gasteiger partial charge is 0.493 e. The van der Waals surface area contributed by atoms with Crippen LogP contribution in [0.2, 0.25) is 0 Å². The molecule has 0 saturated carbocycles. The molecule has 1 heterocycles. The highest BCUT2D eigenvalue weighted by atomic mass is 16.5. The molecular formula is C12H18N2O. The number of nitrogens with one attached hydrogen (secondary N) is 1. The van der Waals surface area contributed by atoms with Crippen LogP contribution in [-0.4, -0.2) is 19.7 Å². The quantitative estimate of drug-likeness (QED) is 0.741. The van der Waals surface area contributed by atoms with Crippen LogP contribution in [0.5, 0.6) is 5.75 Å². The summed E-state index contributed by atoms with van der Waals surface area (Å²) in [4.78, 5) is 0. The van der Waals surface area contributed by atoms with Gasteiger partial charge in [0.2, 0.25) is 0 Å². The van der Waals surface area contributed by atoms with Gasteiger partial charge < -0.3 is 15.8 Å². The van der Waals surface area contributed by atoms with E-state index in [2.05, 4.69) is 12.2 Å². The molecule has 82 valence electrons. The highest BCUT2D eigenvalue weighted by molar-refractivity contribution is 5.50. The monoisotopic (exact) mass is 206 g/mol. The van der Waals surface area contributed by atoms with Gasteiger partial charge in [-0.25, -0.2) is 0 Å². The maximum atomic E-state index is 5.80. The van der Waals surface area contributed by atoms with E-state index in [1.807, 2.05) is 18.2 Å². The summed E-state index contributed by atoms with van der Waals surface area (Å²) in [6, 6.07) is 5.91. The van der Waals surface area contributed by atoms with Gasteiger partial charge in [-0.3, -0.25) is 0 Å². The molecule has 1 atom stereocenters. The first kappa shape index (κ1) is 10.3. The van der Waals surface area contributed by atoms with Gasteiger partial charge in [0, 0.05) is 23.7 Å². The molecule has 2 rings (SSSR count). The lowest BCUT2D eigenvalue weighted by Crippen LogP contribution is -2.25. The average Bonchev–Trinajstić information content (AvgIpc) is 2.26. The van der Waals surface area contributed by atoms with Crippen LogP contribution in [0.3, 0.4) is 0 Å². The van der Waals surface area contributed by atoms with Crippen molar-refractivity contribution in [3.8, 4) is 5.75 Å². The van der Waals surface area contributed by atoms with E-state index < -0.39 is 0 Å². The SMILES string of the molecule is CCNCC1CCOc2ccc(N)cc21. The Balaban J connectivity index is 2.20. The zero-order valence-corrected chi connectivity index (χ0v) is 9.12. The standard InChI is InChI=1S/C12H18N2O/c1-2-14-8-9-5-6-15-12-4-3-10(13)7-11(9)12/h3-4,7,9,14H,2,5-6,8,13H2,1H3. The predicted molar refractivity (Wildman–Crippen MR) is 62.3 cm³/mol. The van der Waals surface area contributed by atoms with Crippen molar-refractivity contribution in [3.05, 3.63) is 23.8 Å². The molecule has 1 aromatic rings. The molecule has 15 heavy (non-hydrogen) atoms. The fourth-order valence-corrected chi connectivity index (χ4v) is 2.01. The number of hydrogen-bond acceptors (Lipinski definition) is 3. The zero-order valence-electron chi connectivity index (χ0n) is 9.12. The Morgan fingerprint density at radius 2 is 2.40 bits per heavy atom. The van der Waals surface area contributed by atoms with Crippen LogP contribution in [0.25, 0.3) is 0 Å². The molecule has 3 heteroatoms. The molecule has 1 aliphatic heterocycles. The van der Waals surface area contributed by atoms with E-state index >= 15 is 0 Å². The Kier molecular flexibility index (Phi) is 3.11. The van der Waals surface area contributed by atoms with Crippen molar-refractivity contribution in [2.24, 2.45) is 0 Å². The molecule has 0 aromatic heterocycles. The van der Waals surface area contributed by atoms with Gasteiger partial charge in [0.1, 0.15) is 5.75 Å². The third kappa shape index (κ3) is 2.23. The van der Waals surface area contributed by atoms with E-state index in [0.717, 1.165) is 37.6 Å². The third-order valence-electron chi connectivity index (χ3n) is 2.84. The van der Waals surface area contributed by atoms with E-state index in [0.29, 0.717) is 5.92 Å². The summed E-state index contributed by atoms with van der Waals surface area (Å²) < 4.78 is 5.61. The summed E-state index contributed by atoms with van der Waals surface area (Å²) in [7, 11) is 0. The minimum Gasteiger partial charge on any atom is -0.493 e. The normalized spacial score (nSPS) is 19.4. The molecule has 0 amide bonds. The Morgan fingerprint density at radius 3 is 3.20 bits per heavy atom. The van der Waals surface area contributed by atoms with Crippen molar-refractivity contribution in [2.75, 3.05) is 25.4 Å². The van der Waals surface area contributed by atoms with Gasteiger partial charge in [0.15, 0.2) is 0 Å². The second-order valence-electron chi connectivity index (χ2n) is 3.94.